The van der Waals surface area contributed by atoms with E-state index in [-0.39, 0.29) is 21.1 Å². The molecule has 0 amide bonds. The van der Waals surface area contributed by atoms with Gasteiger partial charge in [-0.2, -0.15) is 0 Å². The van der Waals surface area contributed by atoms with E-state index in [1.54, 1.807) is 0 Å². The molecule has 0 bridgehead atoms. The predicted octanol–water partition coefficient (Wildman–Crippen LogP) is 2.10. The van der Waals surface area contributed by atoms with Crippen LogP contribution in [0.5, 0.6) is 0 Å². The molecular formula is C10H20N2PtS. The molecule has 1 rings (SSSR count). The Morgan fingerprint density at radius 1 is 1.07 bits per heavy atom. The average Bonchev–Trinajstić information content (AvgIpc) is 2.13. The maximum Gasteiger partial charge on any atom is 0.171 e. The van der Waals surface area contributed by atoms with Crippen molar-refractivity contribution in [3.8, 4) is 0 Å². The first kappa shape index (κ1) is 14.4. The van der Waals surface area contributed by atoms with Gasteiger partial charge >= 0.3 is 0 Å². The van der Waals surface area contributed by atoms with Crippen LogP contribution in [0.4, 0.5) is 0 Å². The van der Waals surface area contributed by atoms with Crippen LogP contribution in [0, 0.1) is 0 Å². The normalized spacial score (nSPS) is 16.9. The largest absolute Gasteiger partial charge is 0.349 e. The van der Waals surface area contributed by atoms with Crippen molar-refractivity contribution in [2.75, 3.05) is 26.2 Å². The van der Waals surface area contributed by atoms with Crippen LogP contribution < -0.4 is 0 Å². The van der Waals surface area contributed by atoms with Crippen LogP contribution >= 0.6 is 12.2 Å². The zero-order valence-electron chi connectivity index (χ0n) is 9.07. The molecule has 0 aromatic carbocycles. The smallest absolute Gasteiger partial charge is 0.171 e. The van der Waals surface area contributed by atoms with Crippen LogP contribution in [0.2, 0.25) is 0 Å². The summed E-state index contributed by atoms with van der Waals surface area (Å²) < 4.78 is 0. The van der Waals surface area contributed by atoms with E-state index >= 15 is 0 Å². The van der Waals surface area contributed by atoms with Crippen molar-refractivity contribution in [1.82, 2.24) is 9.80 Å². The molecule has 0 aliphatic carbocycles. The van der Waals surface area contributed by atoms with Crippen molar-refractivity contribution < 1.29 is 21.1 Å². The number of nitrogens with zero attached hydrogens (tertiary/aromatic N) is 2. The van der Waals surface area contributed by atoms with Gasteiger partial charge in [0.2, 0.25) is 0 Å². The molecule has 2 nitrogen and oxygen atoms in total. The van der Waals surface area contributed by atoms with Crippen molar-refractivity contribution in [3.05, 3.63) is 0 Å². The summed E-state index contributed by atoms with van der Waals surface area (Å²) in [5, 5.41) is 1.08. The molecule has 1 aliphatic heterocycles. The summed E-state index contributed by atoms with van der Waals surface area (Å²) in [5.41, 5.74) is 0. The van der Waals surface area contributed by atoms with Crippen molar-refractivity contribution in [2.24, 2.45) is 0 Å². The zero-order chi connectivity index (χ0) is 9.68. The molecule has 86 valence electrons. The second-order valence-corrected chi connectivity index (χ2v) is 3.98. The van der Waals surface area contributed by atoms with Crippen LogP contribution in [0.1, 0.15) is 33.1 Å². The molecule has 0 unspecified atom stereocenters. The van der Waals surface area contributed by atoms with E-state index in [0.29, 0.717) is 0 Å². The predicted molar refractivity (Wildman–Crippen MR) is 60.9 cm³/mol. The van der Waals surface area contributed by atoms with Gasteiger partial charge in [-0.05, 0) is 31.5 Å². The first-order valence-corrected chi connectivity index (χ1v) is 5.74. The molecule has 0 aromatic heterocycles. The van der Waals surface area contributed by atoms with Gasteiger partial charge in [0.1, 0.15) is 0 Å². The van der Waals surface area contributed by atoms with Gasteiger partial charge in [0.25, 0.3) is 0 Å². The minimum Gasteiger partial charge on any atom is -0.349 e. The van der Waals surface area contributed by atoms with Gasteiger partial charge in [0, 0.05) is 47.2 Å². The first-order chi connectivity index (χ1) is 6.29. The molecule has 0 spiro atoms. The molecule has 0 radical (unpaired) electrons. The number of hydrogen-bond donors (Lipinski definition) is 0. The van der Waals surface area contributed by atoms with Gasteiger partial charge in [-0.3, -0.25) is 0 Å². The molecule has 14 heavy (non-hydrogen) atoms. The third-order valence-electron chi connectivity index (χ3n) is 2.38. The monoisotopic (exact) mass is 395 g/mol. The minimum atomic E-state index is 0. The Kier molecular flexibility index (Phi) is 7.85. The van der Waals surface area contributed by atoms with Crippen LogP contribution in [0.3, 0.4) is 0 Å². The van der Waals surface area contributed by atoms with Gasteiger partial charge in [0.05, 0.1) is 0 Å². The van der Waals surface area contributed by atoms with Crippen LogP contribution in [0.15, 0.2) is 0 Å². The summed E-state index contributed by atoms with van der Waals surface area (Å²) in [4.78, 5) is 4.68. The maximum absolute atomic E-state index is 5.43. The summed E-state index contributed by atoms with van der Waals surface area (Å²) in [5.74, 6) is 0. The van der Waals surface area contributed by atoms with Crippen molar-refractivity contribution in [1.29, 1.82) is 0 Å². The van der Waals surface area contributed by atoms with E-state index in [2.05, 4.69) is 23.6 Å². The van der Waals surface area contributed by atoms with Crippen molar-refractivity contribution in [2.45, 2.75) is 33.1 Å². The molecule has 1 saturated heterocycles. The Morgan fingerprint density at radius 3 is 1.86 bits per heavy atom. The van der Waals surface area contributed by atoms with Crippen molar-refractivity contribution >= 4 is 17.3 Å². The number of thiocarbonyl (C=S) groups is 1. The van der Waals surface area contributed by atoms with Crippen molar-refractivity contribution in [3.63, 3.8) is 0 Å². The fraction of sp³-hybridized carbons (Fsp3) is 0.900. The van der Waals surface area contributed by atoms with E-state index in [4.69, 9.17) is 12.2 Å². The molecule has 0 N–H and O–H groups in total. The molecule has 4 heteroatoms. The molecular weight excluding hydrogens is 375 g/mol. The van der Waals surface area contributed by atoms with Gasteiger partial charge in [0.15, 0.2) is 5.11 Å². The van der Waals surface area contributed by atoms with Gasteiger partial charge in [-0.15, -0.1) is 0 Å². The third-order valence-corrected chi connectivity index (χ3v) is 2.90. The topological polar surface area (TPSA) is 6.48 Å². The Morgan fingerprint density at radius 2 is 1.50 bits per heavy atom. The molecule has 1 aliphatic rings. The van der Waals surface area contributed by atoms with Crippen LogP contribution in [-0.2, 0) is 21.1 Å². The molecule has 0 aromatic rings. The second kappa shape index (κ2) is 7.64. The van der Waals surface area contributed by atoms with Gasteiger partial charge < -0.3 is 9.80 Å². The summed E-state index contributed by atoms with van der Waals surface area (Å²) >= 11 is 5.43. The summed E-state index contributed by atoms with van der Waals surface area (Å²) in [6.45, 7) is 8.99. The molecule has 1 heterocycles. The fourth-order valence-corrected chi connectivity index (χ4v) is 2.16. The van der Waals surface area contributed by atoms with Gasteiger partial charge in [-0.1, -0.05) is 13.8 Å². The molecule has 0 saturated carbocycles. The van der Waals surface area contributed by atoms with E-state index in [1.807, 2.05) is 0 Å². The van der Waals surface area contributed by atoms with E-state index in [1.165, 1.54) is 19.3 Å². The van der Waals surface area contributed by atoms with Crippen LogP contribution in [0.25, 0.3) is 0 Å². The quantitative estimate of drug-likeness (QED) is 0.674. The number of hydrogen-bond acceptors (Lipinski definition) is 1. The standard InChI is InChI=1S/C10H20N2S.Pt/c1-3-6-11-8-5-9-12(7-4-2)10(11)13;/h3-9H2,1-2H3;. The minimum absolute atomic E-state index is 0. The molecule has 0 atom stereocenters. The van der Waals surface area contributed by atoms with E-state index in [9.17, 15) is 0 Å². The Balaban J connectivity index is 0.00000169. The average molecular weight is 395 g/mol. The summed E-state index contributed by atoms with van der Waals surface area (Å²) in [6, 6.07) is 0. The Bertz CT molecular complexity index is 156. The SMILES string of the molecule is CCCN1CCCN(CCC)C1=S.[Pt]. The third kappa shape index (κ3) is 3.86. The second-order valence-electron chi connectivity index (χ2n) is 3.61. The van der Waals surface area contributed by atoms with E-state index in [0.717, 1.165) is 31.3 Å². The number of rotatable bonds is 4. The molecule has 1 fully saturated rings. The Labute approximate surface area is 107 Å². The maximum atomic E-state index is 5.43. The zero-order valence-corrected chi connectivity index (χ0v) is 12.2. The summed E-state index contributed by atoms with van der Waals surface area (Å²) in [6.07, 6.45) is 3.65. The Hall–Kier alpha value is 0.378. The summed E-state index contributed by atoms with van der Waals surface area (Å²) in [7, 11) is 0. The van der Waals surface area contributed by atoms with Gasteiger partial charge in [-0.25, -0.2) is 0 Å². The first-order valence-electron chi connectivity index (χ1n) is 5.33. The van der Waals surface area contributed by atoms with E-state index < -0.39 is 0 Å². The van der Waals surface area contributed by atoms with Crippen LogP contribution in [-0.4, -0.2) is 41.1 Å². The fourth-order valence-electron chi connectivity index (χ4n) is 1.80.